The molecule has 0 aromatic rings. The Morgan fingerprint density at radius 2 is 1.73 bits per heavy atom. The summed E-state index contributed by atoms with van der Waals surface area (Å²) in [4.78, 5) is 71.9. The molecule has 2 unspecified atom stereocenters. The number of carbonyl (C=O) groups is 5. The highest BCUT2D eigenvalue weighted by Crippen LogP contribution is 2.20. The fourth-order valence-electron chi connectivity index (χ4n) is 1.33. The van der Waals surface area contributed by atoms with Crippen molar-refractivity contribution < 1.29 is 53.7 Å². The highest BCUT2D eigenvalue weighted by molar-refractivity contribution is 5.90. The Hall–Kier alpha value is -2.73. The average Bonchev–Trinajstić information content (AvgIpc) is 2.40. The maximum atomic E-state index is 11.6. The molecule has 22 heavy (non-hydrogen) atoms. The van der Waals surface area contributed by atoms with Crippen LogP contribution in [0.5, 0.6) is 0 Å². The smallest absolute Gasteiger partial charge is 0.387 e. The molecule has 12 heteroatoms. The summed E-state index contributed by atoms with van der Waals surface area (Å²) < 4.78 is 0. The lowest BCUT2D eigenvalue weighted by Crippen LogP contribution is -2.46. The molecule has 0 saturated carbocycles. The lowest BCUT2D eigenvalue weighted by Gasteiger charge is -2.22. The molecule has 12 nitrogen and oxygen atoms in total. The summed E-state index contributed by atoms with van der Waals surface area (Å²) in [6.07, 6.45) is -3.24. The number of hydrogen-bond acceptors (Lipinski definition) is 11. The van der Waals surface area contributed by atoms with Crippen LogP contribution in [0, 0.1) is 0 Å². The minimum absolute atomic E-state index is 0.747. The minimum Gasteiger partial charge on any atom is -0.481 e. The molecule has 0 aromatic carbocycles. The van der Waals surface area contributed by atoms with Gasteiger partial charge in [-0.15, -0.1) is 0 Å². The van der Waals surface area contributed by atoms with Crippen LogP contribution in [0.15, 0.2) is 0 Å². The van der Waals surface area contributed by atoms with E-state index in [-0.39, 0.29) is 0 Å². The van der Waals surface area contributed by atoms with E-state index in [1.807, 2.05) is 0 Å². The summed E-state index contributed by atoms with van der Waals surface area (Å²) in [5.41, 5.74) is 2.31. The Morgan fingerprint density at radius 3 is 2.32 bits per heavy atom. The third kappa shape index (κ3) is 4.68. The summed E-state index contributed by atoms with van der Waals surface area (Å²) in [5.74, 6) is -7.42. The second-order valence-corrected chi connectivity index (χ2v) is 4.27. The molecule has 2 atom stereocenters. The third-order valence-corrected chi connectivity index (χ3v) is 2.38. The molecule has 4 N–H and O–H groups in total. The second kappa shape index (κ2) is 6.82. The van der Waals surface area contributed by atoms with E-state index in [4.69, 9.17) is 10.8 Å². The van der Waals surface area contributed by atoms with E-state index in [1.54, 1.807) is 0 Å². The Bertz CT molecular complexity index is 515. The van der Waals surface area contributed by atoms with Crippen LogP contribution in [-0.4, -0.2) is 51.7 Å². The van der Waals surface area contributed by atoms with Crippen molar-refractivity contribution in [2.45, 2.75) is 30.9 Å². The van der Waals surface area contributed by atoms with Crippen molar-refractivity contribution in [2.75, 3.05) is 0 Å². The zero-order valence-electron chi connectivity index (χ0n) is 10.8. The number of carboxylic acid groups (broad SMARTS) is 1. The summed E-state index contributed by atoms with van der Waals surface area (Å²) in [5, 5.41) is 18.5. The first-order valence-corrected chi connectivity index (χ1v) is 5.67. The molecule has 0 aromatic heterocycles. The van der Waals surface area contributed by atoms with Gasteiger partial charge < -0.3 is 15.9 Å². The maximum absolute atomic E-state index is 11.6. The number of nitrogens with two attached hydrogens (primary N) is 1. The number of hydrogen-bond donors (Lipinski definition) is 3. The van der Waals surface area contributed by atoms with E-state index in [9.17, 15) is 29.1 Å². The van der Waals surface area contributed by atoms with Gasteiger partial charge in [0.25, 0.3) is 0 Å². The van der Waals surface area contributed by atoms with Gasteiger partial charge in [0.2, 0.25) is 0 Å². The number of aliphatic carboxylic acids is 1. The van der Waals surface area contributed by atoms with Crippen molar-refractivity contribution in [3.8, 4) is 0 Å². The molecule has 1 saturated heterocycles. The van der Waals surface area contributed by atoms with Crippen molar-refractivity contribution in [3.63, 3.8) is 0 Å². The van der Waals surface area contributed by atoms with Crippen molar-refractivity contribution in [2.24, 2.45) is 5.73 Å². The van der Waals surface area contributed by atoms with Gasteiger partial charge in [0.05, 0.1) is 19.3 Å². The molecule has 0 spiro atoms. The molecule has 1 aliphatic rings. The van der Waals surface area contributed by atoms with Crippen LogP contribution >= 0.6 is 0 Å². The Labute approximate surface area is 121 Å². The quantitative estimate of drug-likeness (QED) is 0.447. The lowest BCUT2D eigenvalue weighted by molar-refractivity contribution is -0.279. The molecule has 0 bridgehead atoms. The molecule has 1 rings (SSSR count). The summed E-state index contributed by atoms with van der Waals surface area (Å²) in [6, 6.07) is -1.61. The highest BCUT2D eigenvalue weighted by atomic mass is 17.2. The summed E-state index contributed by atoms with van der Waals surface area (Å²) in [7, 11) is 0. The van der Waals surface area contributed by atoms with Crippen molar-refractivity contribution in [3.05, 3.63) is 0 Å². The Balaban J connectivity index is 2.98. The second-order valence-electron chi connectivity index (χ2n) is 4.27. The molecule has 0 amide bonds. The van der Waals surface area contributed by atoms with Gasteiger partial charge in [-0.25, -0.2) is 38.7 Å². The maximum Gasteiger partial charge on any atom is 0.387 e. The number of carbonyl (C=O) groups excluding carboxylic acids is 4. The molecule has 1 heterocycles. The van der Waals surface area contributed by atoms with E-state index in [0.29, 0.717) is 0 Å². The van der Waals surface area contributed by atoms with Crippen LogP contribution in [0.3, 0.4) is 0 Å². The average molecular weight is 321 g/mol. The number of aliphatic hydroxyl groups is 1. The molecule has 1 fully saturated rings. The van der Waals surface area contributed by atoms with Gasteiger partial charge >= 0.3 is 29.8 Å². The molecule has 0 radical (unpaired) electrons. The van der Waals surface area contributed by atoms with Gasteiger partial charge in [-0.1, -0.05) is 0 Å². The Kier molecular flexibility index (Phi) is 5.37. The van der Waals surface area contributed by atoms with Gasteiger partial charge in [0, 0.05) is 0 Å². The highest BCUT2D eigenvalue weighted by Gasteiger charge is 2.45. The first kappa shape index (κ1) is 17.3. The van der Waals surface area contributed by atoms with E-state index < -0.39 is 60.8 Å². The monoisotopic (exact) mass is 321 g/mol. The molecule has 122 valence electrons. The van der Waals surface area contributed by atoms with Crippen LogP contribution in [0.25, 0.3) is 0 Å². The number of rotatable bonds is 2. The normalized spacial score (nSPS) is 27.5. The van der Waals surface area contributed by atoms with E-state index in [1.165, 1.54) is 0 Å². The zero-order valence-corrected chi connectivity index (χ0v) is 10.8. The van der Waals surface area contributed by atoms with Crippen LogP contribution in [0.1, 0.15) is 19.3 Å². The standard InChI is InChI=1S/C10H11NO11/c11-4-1-6(14)19-20-7(15)3-10(18,2-5(12)13)9(17)22-21-8(4)16/h4,18H,1-3,11H2,(H,12,13). The van der Waals surface area contributed by atoms with Gasteiger partial charge in [-0.05, 0) is 0 Å². The van der Waals surface area contributed by atoms with E-state index in [0.717, 1.165) is 0 Å². The minimum atomic E-state index is -2.90. The van der Waals surface area contributed by atoms with Gasteiger partial charge in [-0.2, -0.15) is 0 Å². The first-order chi connectivity index (χ1) is 10.1. The topological polar surface area (TPSA) is 189 Å². The van der Waals surface area contributed by atoms with Crippen LogP contribution in [0.2, 0.25) is 0 Å². The fourth-order valence-corrected chi connectivity index (χ4v) is 1.33. The van der Waals surface area contributed by atoms with Crippen LogP contribution in [-0.2, 0) is 43.5 Å². The van der Waals surface area contributed by atoms with Crippen molar-refractivity contribution in [1.29, 1.82) is 0 Å². The van der Waals surface area contributed by atoms with Crippen molar-refractivity contribution >= 4 is 29.8 Å². The van der Waals surface area contributed by atoms with Gasteiger partial charge in [0.1, 0.15) is 6.04 Å². The molecular formula is C10H11NO11. The van der Waals surface area contributed by atoms with Crippen LogP contribution in [0.4, 0.5) is 0 Å². The zero-order chi connectivity index (χ0) is 16.9. The SMILES string of the molecule is NC1CC(=O)OOC(=O)CC(O)(CC(=O)O)C(=O)OOC1=O. The largest absolute Gasteiger partial charge is 0.481 e. The molecule has 1 aliphatic heterocycles. The summed E-state index contributed by atoms with van der Waals surface area (Å²) >= 11 is 0. The predicted octanol–water partition coefficient (Wildman–Crippen LogP) is -2.68. The van der Waals surface area contributed by atoms with Crippen molar-refractivity contribution in [1.82, 2.24) is 0 Å². The van der Waals surface area contributed by atoms with Gasteiger partial charge in [0.15, 0.2) is 5.60 Å². The molecular weight excluding hydrogens is 310 g/mol. The summed E-state index contributed by atoms with van der Waals surface area (Å²) in [6.45, 7) is 0. The lowest BCUT2D eigenvalue weighted by atomic mass is 9.96. The fraction of sp³-hybridized carbons (Fsp3) is 0.500. The van der Waals surface area contributed by atoms with E-state index >= 15 is 0 Å². The molecule has 0 aliphatic carbocycles. The van der Waals surface area contributed by atoms with Gasteiger partial charge in [-0.3, -0.25) is 4.79 Å². The number of carboxylic acids is 1. The third-order valence-electron chi connectivity index (χ3n) is 2.38. The van der Waals surface area contributed by atoms with Crippen LogP contribution < -0.4 is 5.73 Å². The van der Waals surface area contributed by atoms with E-state index in [2.05, 4.69) is 19.6 Å². The first-order valence-electron chi connectivity index (χ1n) is 5.67. The predicted molar refractivity (Wildman–Crippen MR) is 58.8 cm³/mol. The Morgan fingerprint density at radius 1 is 1.14 bits per heavy atom.